The highest BCUT2D eigenvalue weighted by Gasteiger charge is 2.14. The van der Waals surface area contributed by atoms with Gasteiger partial charge in [-0.25, -0.2) is 0 Å². The Kier molecular flexibility index (Phi) is 2.92. The molecule has 3 aromatic rings. The molecule has 3 heterocycles. The molecule has 20 heavy (non-hydrogen) atoms. The Balaban J connectivity index is 1.69. The number of pyridine rings is 1. The zero-order valence-electron chi connectivity index (χ0n) is 11.5. The highest BCUT2D eigenvalue weighted by molar-refractivity contribution is 6.06. The first-order chi connectivity index (χ1) is 9.90. The molecule has 1 aliphatic rings. The largest absolute Gasteiger partial charge is 0.354 e. The third-order valence-electron chi connectivity index (χ3n) is 4.39. The van der Waals surface area contributed by atoms with Gasteiger partial charge in [0.15, 0.2) is 0 Å². The van der Waals surface area contributed by atoms with Crippen LogP contribution in [0.25, 0.3) is 21.8 Å². The van der Waals surface area contributed by atoms with Gasteiger partial charge in [0, 0.05) is 34.2 Å². The number of nitrogens with zero attached hydrogens (tertiary/aromatic N) is 1. The molecule has 0 saturated carbocycles. The molecule has 0 aliphatic carbocycles. The molecule has 2 N–H and O–H groups in total. The fraction of sp³-hybridized carbons (Fsp3) is 0.353. The molecule has 1 atom stereocenters. The monoisotopic (exact) mass is 265 g/mol. The number of nitrogens with one attached hydrogen (secondary N) is 2. The maximum atomic E-state index is 4.22. The van der Waals surface area contributed by atoms with Gasteiger partial charge in [0.2, 0.25) is 0 Å². The van der Waals surface area contributed by atoms with E-state index in [1.165, 1.54) is 53.2 Å². The number of hydrogen-bond donors (Lipinski definition) is 2. The molecule has 0 spiro atoms. The van der Waals surface area contributed by atoms with E-state index in [-0.39, 0.29) is 0 Å². The summed E-state index contributed by atoms with van der Waals surface area (Å²) in [5.74, 6) is 0.784. The second-order valence-corrected chi connectivity index (χ2v) is 5.84. The van der Waals surface area contributed by atoms with E-state index in [4.69, 9.17) is 0 Å². The summed E-state index contributed by atoms with van der Waals surface area (Å²) in [5.41, 5.74) is 3.84. The smallest absolute Gasteiger partial charge is 0.0495 e. The molecule has 0 radical (unpaired) electrons. The van der Waals surface area contributed by atoms with E-state index in [1.54, 1.807) is 0 Å². The number of piperidine rings is 1. The van der Waals surface area contributed by atoms with Gasteiger partial charge in [0.25, 0.3) is 0 Å². The Morgan fingerprint density at radius 1 is 1.15 bits per heavy atom. The highest BCUT2D eigenvalue weighted by atomic mass is 14.9. The number of aromatic nitrogens is 2. The van der Waals surface area contributed by atoms with Crippen LogP contribution < -0.4 is 5.32 Å². The lowest BCUT2D eigenvalue weighted by atomic mass is 9.92. The first-order valence-corrected chi connectivity index (χ1v) is 7.45. The summed E-state index contributed by atoms with van der Waals surface area (Å²) < 4.78 is 0. The van der Waals surface area contributed by atoms with Crippen molar-refractivity contribution in [1.82, 2.24) is 15.3 Å². The van der Waals surface area contributed by atoms with Crippen molar-refractivity contribution in [2.45, 2.75) is 19.3 Å². The van der Waals surface area contributed by atoms with Crippen LogP contribution in [0, 0.1) is 5.92 Å². The fourth-order valence-electron chi connectivity index (χ4n) is 3.35. The topological polar surface area (TPSA) is 40.7 Å². The van der Waals surface area contributed by atoms with Crippen LogP contribution in [0.3, 0.4) is 0 Å². The minimum atomic E-state index is 0.784. The van der Waals surface area contributed by atoms with Gasteiger partial charge in [-0.1, -0.05) is 12.1 Å². The zero-order valence-corrected chi connectivity index (χ0v) is 11.5. The molecular weight excluding hydrogens is 246 g/mol. The van der Waals surface area contributed by atoms with Gasteiger partial charge in [0.1, 0.15) is 0 Å². The van der Waals surface area contributed by atoms with Crippen molar-refractivity contribution in [2.75, 3.05) is 13.1 Å². The molecule has 102 valence electrons. The molecular formula is C17H19N3. The number of hydrogen-bond acceptors (Lipinski definition) is 2. The number of rotatable bonds is 2. The summed E-state index contributed by atoms with van der Waals surface area (Å²) in [5, 5.41) is 5.99. The van der Waals surface area contributed by atoms with Crippen LogP contribution in [0.5, 0.6) is 0 Å². The first-order valence-electron chi connectivity index (χ1n) is 7.45. The second kappa shape index (κ2) is 4.91. The van der Waals surface area contributed by atoms with Crippen LogP contribution in [0.2, 0.25) is 0 Å². The lowest BCUT2D eigenvalue weighted by molar-refractivity contribution is 0.376. The predicted molar refractivity (Wildman–Crippen MR) is 82.9 cm³/mol. The van der Waals surface area contributed by atoms with Gasteiger partial charge < -0.3 is 10.3 Å². The quantitative estimate of drug-likeness (QED) is 0.746. The van der Waals surface area contributed by atoms with Crippen molar-refractivity contribution in [3.63, 3.8) is 0 Å². The molecule has 2 aromatic heterocycles. The molecule has 1 aliphatic heterocycles. The van der Waals surface area contributed by atoms with Gasteiger partial charge in [-0.3, -0.25) is 4.98 Å². The Morgan fingerprint density at radius 3 is 3.05 bits per heavy atom. The second-order valence-electron chi connectivity index (χ2n) is 5.84. The van der Waals surface area contributed by atoms with Crippen LogP contribution >= 0.6 is 0 Å². The molecule has 1 fully saturated rings. The van der Waals surface area contributed by atoms with Crippen molar-refractivity contribution < 1.29 is 0 Å². The van der Waals surface area contributed by atoms with Gasteiger partial charge in [-0.05, 0) is 56.0 Å². The van der Waals surface area contributed by atoms with Crippen LogP contribution in [0.4, 0.5) is 0 Å². The number of fused-ring (bicyclic) bond motifs is 3. The van der Waals surface area contributed by atoms with Crippen LogP contribution in [0.1, 0.15) is 18.4 Å². The van der Waals surface area contributed by atoms with Crippen molar-refractivity contribution in [2.24, 2.45) is 5.92 Å². The van der Waals surface area contributed by atoms with Crippen LogP contribution in [0.15, 0.2) is 36.7 Å². The minimum Gasteiger partial charge on any atom is -0.354 e. The lowest BCUT2D eigenvalue weighted by Crippen LogP contribution is -2.30. The van der Waals surface area contributed by atoms with Crippen molar-refractivity contribution in [1.29, 1.82) is 0 Å². The van der Waals surface area contributed by atoms with E-state index in [0.29, 0.717) is 0 Å². The fourth-order valence-corrected chi connectivity index (χ4v) is 3.35. The Morgan fingerprint density at radius 2 is 2.15 bits per heavy atom. The molecule has 4 rings (SSSR count). The molecule has 0 bridgehead atoms. The molecule has 1 unspecified atom stereocenters. The van der Waals surface area contributed by atoms with E-state index >= 15 is 0 Å². The number of benzene rings is 1. The summed E-state index contributed by atoms with van der Waals surface area (Å²) in [6, 6.07) is 8.86. The van der Waals surface area contributed by atoms with Crippen molar-refractivity contribution in [3.05, 3.63) is 42.2 Å². The van der Waals surface area contributed by atoms with E-state index in [0.717, 1.165) is 12.5 Å². The summed E-state index contributed by atoms with van der Waals surface area (Å²) in [6.45, 7) is 2.35. The summed E-state index contributed by atoms with van der Waals surface area (Å²) >= 11 is 0. The summed E-state index contributed by atoms with van der Waals surface area (Å²) in [4.78, 5) is 7.72. The zero-order chi connectivity index (χ0) is 13.4. The maximum absolute atomic E-state index is 4.22. The third-order valence-corrected chi connectivity index (χ3v) is 4.39. The van der Waals surface area contributed by atoms with Gasteiger partial charge in [0.05, 0.1) is 0 Å². The van der Waals surface area contributed by atoms with E-state index in [2.05, 4.69) is 33.5 Å². The SMILES string of the molecule is c1cc2[nH]c3cc(CC4CCCNC4)ccc3c2cn1. The molecule has 0 amide bonds. The molecule has 1 saturated heterocycles. The predicted octanol–water partition coefficient (Wildman–Crippen LogP) is 3.26. The van der Waals surface area contributed by atoms with Crippen molar-refractivity contribution >= 4 is 21.8 Å². The Labute approximate surface area is 118 Å². The van der Waals surface area contributed by atoms with Gasteiger partial charge in [-0.2, -0.15) is 0 Å². The Bertz CT molecular complexity index is 738. The maximum Gasteiger partial charge on any atom is 0.0495 e. The van der Waals surface area contributed by atoms with Gasteiger partial charge >= 0.3 is 0 Å². The highest BCUT2D eigenvalue weighted by Crippen LogP contribution is 2.26. The minimum absolute atomic E-state index is 0.784. The van der Waals surface area contributed by atoms with E-state index in [1.807, 2.05) is 18.5 Å². The molecule has 3 nitrogen and oxygen atoms in total. The van der Waals surface area contributed by atoms with Gasteiger partial charge in [-0.15, -0.1) is 0 Å². The normalized spacial score (nSPS) is 19.7. The van der Waals surface area contributed by atoms with E-state index < -0.39 is 0 Å². The molecule has 1 aromatic carbocycles. The standard InChI is InChI=1S/C17H19N3/c1-2-13(10-18-6-1)8-12-3-4-14-15-11-19-7-5-16(15)20-17(14)9-12/h3-5,7,9,11,13,18,20H,1-2,6,8,10H2. The van der Waals surface area contributed by atoms with Crippen LogP contribution in [-0.4, -0.2) is 23.1 Å². The Hall–Kier alpha value is -1.87. The summed E-state index contributed by atoms with van der Waals surface area (Å²) in [6.07, 6.45) is 7.62. The van der Waals surface area contributed by atoms with Crippen molar-refractivity contribution in [3.8, 4) is 0 Å². The lowest BCUT2D eigenvalue weighted by Gasteiger charge is -2.22. The average Bonchev–Trinajstić information content (AvgIpc) is 2.86. The van der Waals surface area contributed by atoms with E-state index in [9.17, 15) is 0 Å². The molecule has 3 heteroatoms. The van der Waals surface area contributed by atoms with Crippen LogP contribution in [-0.2, 0) is 6.42 Å². The first kappa shape index (κ1) is 11.9. The third kappa shape index (κ3) is 2.08. The summed E-state index contributed by atoms with van der Waals surface area (Å²) in [7, 11) is 0. The number of H-pyrrole nitrogens is 1. The number of aromatic amines is 1. The average molecular weight is 265 g/mol.